The Morgan fingerprint density at radius 1 is 0.727 bits per heavy atom. The molecule has 22 heavy (non-hydrogen) atoms. The van der Waals surface area contributed by atoms with Gasteiger partial charge in [-0.15, -0.1) is 0 Å². The Morgan fingerprint density at radius 3 is 1.18 bits per heavy atom. The van der Waals surface area contributed by atoms with Crippen molar-refractivity contribution < 1.29 is 19.1 Å². The summed E-state index contributed by atoms with van der Waals surface area (Å²) < 4.78 is 10.9. The van der Waals surface area contributed by atoms with Crippen molar-refractivity contribution >= 4 is 11.9 Å². The molecule has 0 rings (SSSR count). The number of hydrogen-bond donors (Lipinski definition) is 0. The van der Waals surface area contributed by atoms with Gasteiger partial charge >= 0.3 is 11.9 Å². The van der Waals surface area contributed by atoms with Crippen LogP contribution in [0.2, 0.25) is 0 Å². The molecule has 0 spiro atoms. The number of carbonyl (C=O) groups is 2. The molecule has 0 aliphatic heterocycles. The second kappa shape index (κ2) is 8.54. The van der Waals surface area contributed by atoms with E-state index in [1.165, 1.54) is 0 Å². The van der Waals surface area contributed by atoms with Gasteiger partial charge in [0, 0.05) is 0 Å². The fraction of sp³-hybridized carbons (Fsp3) is 0.889. The average molecular weight is 314 g/mol. The van der Waals surface area contributed by atoms with Crippen molar-refractivity contribution in [1.82, 2.24) is 0 Å². The van der Waals surface area contributed by atoms with E-state index in [1.807, 2.05) is 55.4 Å². The third-order valence-electron chi connectivity index (χ3n) is 3.75. The molecule has 4 nitrogen and oxygen atoms in total. The maximum Gasteiger partial charge on any atom is 0.306 e. The maximum absolute atomic E-state index is 11.9. The van der Waals surface area contributed by atoms with Crippen LogP contribution in [0, 0.1) is 10.8 Å². The molecule has 0 aromatic rings. The van der Waals surface area contributed by atoms with Gasteiger partial charge in [0.15, 0.2) is 0 Å². The first-order valence-corrected chi connectivity index (χ1v) is 8.30. The summed E-state index contributed by atoms with van der Waals surface area (Å²) in [4.78, 5) is 23.8. The van der Waals surface area contributed by atoms with Crippen molar-refractivity contribution in [3.8, 4) is 0 Å². The summed E-state index contributed by atoms with van der Waals surface area (Å²) in [5.41, 5.74) is -0.186. The zero-order valence-corrected chi connectivity index (χ0v) is 15.6. The van der Waals surface area contributed by atoms with Crippen molar-refractivity contribution in [3.05, 3.63) is 0 Å². The summed E-state index contributed by atoms with van der Waals surface area (Å²) in [6.45, 7) is 16.2. The first-order valence-electron chi connectivity index (χ1n) is 8.30. The number of carbonyl (C=O) groups excluding carboxylic acids is 2. The van der Waals surface area contributed by atoms with Gasteiger partial charge in [-0.25, -0.2) is 0 Å². The third-order valence-corrected chi connectivity index (χ3v) is 3.75. The molecule has 0 amide bonds. The molecule has 0 heterocycles. The van der Waals surface area contributed by atoms with E-state index in [4.69, 9.17) is 9.47 Å². The lowest BCUT2D eigenvalue weighted by Gasteiger charge is -2.30. The normalized spacial score (nSPS) is 15.1. The van der Waals surface area contributed by atoms with Crippen molar-refractivity contribution in [2.75, 3.05) is 0 Å². The minimum Gasteiger partial charge on any atom is -0.462 e. The van der Waals surface area contributed by atoms with Gasteiger partial charge in [-0.2, -0.15) is 0 Å². The van der Waals surface area contributed by atoms with Gasteiger partial charge in [0.2, 0.25) is 0 Å². The van der Waals surface area contributed by atoms with Crippen LogP contribution in [0.15, 0.2) is 0 Å². The fourth-order valence-corrected chi connectivity index (χ4v) is 2.38. The van der Waals surface area contributed by atoms with E-state index in [0.29, 0.717) is 0 Å². The van der Waals surface area contributed by atoms with E-state index in [0.717, 1.165) is 12.8 Å². The van der Waals surface area contributed by atoms with Crippen LogP contribution in [-0.4, -0.2) is 24.1 Å². The zero-order chi connectivity index (χ0) is 17.6. The fourth-order valence-electron chi connectivity index (χ4n) is 2.38. The first kappa shape index (κ1) is 20.9. The third kappa shape index (κ3) is 7.81. The van der Waals surface area contributed by atoms with Crippen LogP contribution >= 0.6 is 0 Å². The minimum atomic E-state index is -0.331. The lowest BCUT2D eigenvalue weighted by atomic mass is 9.87. The lowest BCUT2D eigenvalue weighted by Crippen LogP contribution is -2.32. The van der Waals surface area contributed by atoms with Crippen LogP contribution in [-0.2, 0) is 19.1 Å². The summed E-state index contributed by atoms with van der Waals surface area (Å²) in [5, 5.41) is 0. The van der Waals surface area contributed by atoms with Gasteiger partial charge in [0.1, 0.15) is 12.2 Å². The Kier molecular flexibility index (Phi) is 8.13. The topological polar surface area (TPSA) is 52.6 Å². The van der Waals surface area contributed by atoms with Crippen LogP contribution < -0.4 is 0 Å². The first-order chi connectivity index (χ1) is 9.91. The highest BCUT2D eigenvalue weighted by Crippen LogP contribution is 2.26. The molecule has 0 aliphatic rings. The van der Waals surface area contributed by atoms with Crippen LogP contribution in [0.5, 0.6) is 0 Å². The second-order valence-corrected chi connectivity index (χ2v) is 8.01. The SMILES string of the molecule is CCC(OC(=O)CCC(=O)OC(CC)C(C)(C)C)C(C)(C)C. The number of ether oxygens (including phenoxy) is 2. The predicted molar refractivity (Wildman–Crippen MR) is 88.5 cm³/mol. The van der Waals surface area contributed by atoms with Gasteiger partial charge in [-0.3, -0.25) is 9.59 Å². The van der Waals surface area contributed by atoms with Crippen molar-refractivity contribution in [2.45, 2.75) is 93.3 Å². The standard InChI is InChI=1S/C18H34O4/c1-9-13(17(3,4)5)21-15(19)11-12-16(20)22-14(10-2)18(6,7)8/h13-14H,9-12H2,1-8H3. The van der Waals surface area contributed by atoms with E-state index < -0.39 is 0 Å². The van der Waals surface area contributed by atoms with Crippen molar-refractivity contribution in [2.24, 2.45) is 10.8 Å². The van der Waals surface area contributed by atoms with Gasteiger partial charge in [0.25, 0.3) is 0 Å². The highest BCUT2D eigenvalue weighted by Gasteiger charge is 2.28. The molecule has 0 aromatic heterocycles. The summed E-state index contributed by atoms with van der Waals surface area (Å²) in [6.07, 6.45) is 1.42. The minimum absolute atomic E-state index is 0.0754. The average Bonchev–Trinajstić information content (AvgIpc) is 2.36. The summed E-state index contributed by atoms with van der Waals surface area (Å²) in [6, 6.07) is 0. The zero-order valence-electron chi connectivity index (χ0n) is 15.6. The molecule has 0 N–H and O–H groups in total. The smallest absolute Gasteiger partial charge is 0.306 e. The molecule has 0 aromatic carbocycles. The molecule has 0 bridgehead atoms. The molecule has 0 fully saturated rings. The Hall–Kier alpha value is -1.06. The number of rotatable bonds is 7. The van der Waals surface area contributed by atoms with E-state index in [2.05, 4.69) is 0 Å². The quantitative estimate of drug-likeness (QED) is 0.649. The molecule has 2 atom stereocenters. The largest absolute Gasteiger partial charge is 0.462 e. The Balaban J connectivity index is 4.33. The summed E-state index contributed by atoms with van der Waals surface area (Å²) >= 11 is 0. The van der Waals surface area contributed by atoms with Gasteiger partial charge < -0.3 is 9.47 Å². The lowest BCUT2D eigenvalue weighted by molar-refractivity contribution is -0.161. The summed E-state index contributed by atoms with van der Waals surface area (Å²) in [5.74, 6) is -0.662. The van der Waals surface area contributed by atoms with Crippen LogP contribution in [0.25, 0.3) is 0 Å². The van der Waals surface area contributed by atoms with Gasteiger partial charge in [0.05, 0.1) is 12.8 Å². The second-order valence-electron chi connectivity index (χ2n) is 8.01. The Bertz CT molecular complexity index is 324. The van der Waals surface area contributed by atoms with E-state index in [1.54, 1.807) is 0 Å². The molecule has 0 aliphatic carbocycles. The monoisotopic (exact) mass is 314 g/mol. The molecule has 4 heteroatoms. The van der Waals surface area contributed by atoms with E-state index >= 15 is 0 Å². The summed E-state index contributed by atoms with van der Waals surface area (Å²) in [7, 11) is 0. The molecular formula is C18H34O4. The number of hydrogen-bond acceptors (Lipinski definition) is 4. The highest BCUT2D eigenvalue weighted by atomic mass is 16.6. The maximum atomic E-state index is 11.9. The molecular weight excluding hydrogens is 280 g/mol. The van der Waals surface area contributed by atoms with Crippen LogP contribution in [0.4, 0.5) is 0 Å². The van der Waals surface area contributed by atoms with E-state index in [-0.39, 0.29) is 47.8 Å². The number of esters is 2. The molecule has 0 saturated heterocycles. The molecule has 0 saturated carbocycles. The van der Waals surface area contributed by atoms with Crippen LogP contribution in [0.1, 0.15) is 81.1 Å². The van der Waals surface area contributed by atoms with Gasteiger partial charge in [-0.05, 0) is 23.7 Å². The molecule has 0 radical (unpaired) electrons. The van der Waals surface area contributed by atoms with Crippen molar-refractivity contribution in [3.63, 3.8) is 0 Å². The Morgan fingerprint density at radius 2 is 1.00 bits per heavy atom. The molecule has 130 valence electrons. The van der Waals surface area contributed by atoms with Crippen molar-refractivity contribution in [1.29, 1.82) is 0 Å². The molecule has 2 unspecified atom stereocenters. The Labute approximate surface area is 135 Å². The predicted octanol–water partition coefficient (Wildman–Crippen LogP) is 4.50. The highest BCUT2D eigenvalue weighted by molar-refractivity contribution is 5.77. The van der Waals surface area contributed by atoms with Crippen LogP contribution in [0.3, 0.4) is 0 Å². The van der Waals surface area contributed by atoms with E-state index in [9.17, 15) is 9.59 Å². The van der Waals surface area contributed by atoms with Gasteiger partial charge in [-0.1, -0.05) is 55.4 Å².